The number of ether oxygens (including phenoxy) is 1. The number of likely N-dealkylation sites (tertiary alicyclic amines) is 1. The Hall–Kier alpha value is -2.37. The van der Waals surface area contributed by atoms with E-state index in [1.54, 1.807) is 4.90 Å². The summed E-state index contributed by atoms with van der Waals surface area (Å²) in [7, 11) is 1.31. The predicted molar refractivity (Wildman–Crippen MR) is 98.2 cm³/mol. The Balaban J connectivity index is 1.91. The molecule has 6 heteroatoms. The first-order valence-corrected chi connectivity index (χ1v) is 9.16. The van der Waals surface area contributed by atoms with Crippen molar-refractivity contribution in [2.24, 2.45) is 11.8 Å². The summed E-state index contributed by atoms with van der Waals surface area (Å²) in [6, 6.07) is 9.28. The van der Waals surface area contributed by atoms with Crippen molar-refractivity contribution in [2.75, 3.05) is 20.2 Å². The highest BCUT2D eigenvalue weighted by Crippen LogP contribution is 2.20. The van der Waals surface area contributed by atoms with E-state index in [1.807, 2.05) is 44.2 Å². The van der Waals surface area contributed by atoms with Crippen LogP contribution in [0.25, 0.3) is 0 Å². The molecule has 6 nitrogen and oxygen atoms in total. The number of methoxy groups -OCH3 is 1. The van der Waals surface area contributed by atoms with Crippen LogP contribution in [0, 0.1) is 11.8 Å². The van der Waals surface area contributed by atoms with Gasteiger partial charge in [-0.05, 0) is 17.9 Å². The van der Waals surface area contributed by atoms with E-state index in [0.717, 1.165) is 18.4 Å². The van der Waals surface area contributed by atoms with E-state index in [0.29, 0.717) is 13.1 Å². The highest BCUT2D eigenvalue weighted by Gasteiger charge is 2.36. The molecule has 2 amide bonds. The monoisotopic (exact) mass is 360 g/mol. The Labute approximate surface area is 154 Å². The molecule has 1 aromatic carbocycles. The minimum Gasteiger partial charge on any atom is -0.467 e. The Morgan fingerprint density at radius 1 is 1.31 bits per heavy atom. The number of rotatable bonds is 8. The van der Waals surface area contributed by atoms with E-state index in [-0.39, 0.29) is 24.2 Å². The van der Waals surface area contributed by atoms with Crippen LogP contribution in [-0.4, -0.2) is 48.9 Å². The molecule has 3 atom stereocenters. The Bertz CT molecular complexity index is 632. The molecule has 1 heterocycles. The first-order chi connectivity index (χ1) is 12.5. The molecule has 1 aromatic rings. The maximum Gasteiger partial charge on any atom is 0.328 e. The minimum atomic E-state index is -0.675. The molecule has 1 fully saturated rings. The fourth-order valence-electron chi connectivity index (χ4n) is 3.14. The van der Waals surface area contributed by atoms with Gasteiger partial charge in [0.15, 0.2) is 0 Å². The second-order valence-corrected chi connectivity index (χ2v) is 6.87. The molecular formula is C20H28N2O4. The lowest BCUT2D eigenvalue weighted by atomic mass is 9.98. The number of nitrogens with one attached hydrogen (secondary N) is 1. The molecule has 1 saturated heterocycles. The van der Waals surface area contributed by atoms with E-state index >= 15 is 0 Å². The van der Waals surface area contributed by atoms with Gasteiger partial charge in [0.1, 0.15) is 6.04 Å². The lowest BCUT2D eigenvalue weighted by molar-refractivity contribution is -0.147. The second-order valence-electron chi connectivity index (χ2n) is 6.87. The fourth-order valence-corrected chi connectivity index (χ4v) is 3.14. The molecule has 0 saturated carbocycles. The van der Waals surface area contributed by atoms with Gasteiger partial charge in [0.2, 0.25) is 11.8 Å². The summed E-state index contributed by atoms with van der Waals surface area (Å²) in [5.74, 6) is -1.17. The molecule has 142 valence electrons. The highest BCUT2D eigenvalue weighted by atomic mass is 16.5. The summed E-state index contributed by atoms with van der Waals surface area (Å²) < 4.78 is 4.80. The standard InChI is InChI=1S/C20H28N2O4/c1-4-14(2)18(20(25)26-3)21-19(24)16-12-17(23)22(13-16)11-10-15-8-6-5-7-9-15/h5-9,14,16,18H,4,10-13H2,1-3H3,(H,21,24). The van der Waals surface area contributed by atoms with Crippen LogP contribution in [0.3, 0.4) is 0 Å². The van der Waals surface area contributed by atoms with Gasteiger partial charge in [-0.2, -0.15) is 0 Å². The van der Waals surface area contributed by atoms with E-state index in [9.17, 15) is 14.4 Å². The Morgan fingerprint density at radius 2 is 2.00 bits per heavy atom. The van der Waals surface area contributed by atoms with Gasteiger partial charge in [-0.3, -0.25) is 9.59 Å². The van der Waals surface area contributed by atoms with E-state index in [1.165, 1.54) is 7.11 Å². The molecule has 0 aromatic heterocycles. The third-order valence-electron chi connectivity index (χ3n) is 5.06. The molecule has 0 radical (unpaired) electrons. The molecular weight excluding hydrogens is 332 g/mol. The van der Waals surface area contributed by atoms with Gasteiger partial charge in [-0.1, -0.05) is 50.6 Å². The zero-order chi connectivity index (χ0) is 19.1. The highest BCUT2D eigenvalue weighted by molar-refractivity contribution is 5.91. The van der Waals surface area contributed by atoms with Crippen molar-refractivity contribution < 1.29 is 19.1 Å². The lowest BCUT2D eigenvalue weighted by Crippen LogP contribution is -2.48. The summed E-state index contributed by atoms with van der Waals surface area (Å²) in [5.41, 5.74) is 1.16. The molecule has 0 spiro atoms. The summed E-state index contributed by atoms with van der Waals surface area (Å²) >= 11 is 0. The van der Waals surface area contributed by atoms with Crippen LogP contribution in [0.5, 0.6) is 0 Å². The van der Waals surface area contributed by atoms with Crippen molar-refractivity contribution >= 4 is 17.8 Å². The van der Waals surface area contributed by atoms with Gasteiger partial charge in [0.25, 0.3) is 0 Å². The van der Waals surface area contributed by atoms with E-state index in [4.69, 9.17) is 4.74 Å². The molecule has 3 unspecified atom stereocenters. The van der Waals surface area contributed by atoms with Gasteiger partial charge >= 0.3 is 5.97 Å². The van der Waals surface area contributed by atoms with Crippen LogP contribution in [0.1, 0.15) is 32.3 Å². The maximum atomic E-state index is 12.6. The van der Waals surface area contributed by atoms with Gasteiger partial charge in [0, 0.05) is 19.5 Å². The van der Waals surface area contributed by atoms with Crippen molar-refractivity contribution in [3.8, 4) is 0 Å². The van der Waals surface area contributed by atoms with Gasteiger partial charge in [0.05, 0.1) is 13.0 Å². The van der Waals surface area contributed by atoms with Crippen molar-refractivity contribution in [1.82, 2.24) is 10.2 Å². The lowest BCUT2D eigenvalue weighted by Gasteiger charge is -2.23. The number of carbonyl (C=O) groups excluding carboxylic acids is 3. The van der Waals surface area contributed by atoms with Crippen LogP contribution in [0.15, 0.2) is 30.3 Å². The van der Waals surface area contributed by atoms with Crippen molar-refractivity contribution in [3.05, 3.63) is 35.9 Å². The van der Waals surface area contributed by atoms with Crippen molar-refractivity contribution in [1.29, 1.82) is 0 Å². The number of hydrogen-bond acceptors (Lipinski definition) is 4. The van der Waals surface area contributed by atoms with Crippen molar-refractivity contribution in [2.45, 2.75) is 39.2 Å². The molecule has 0 aliphatic carbocycles. The molecule has 26 heavy (non-hydrogen) atoms. The molecule has 2 rings (SSSR count). The topological polar surface area (TPSA) is 75.7 Å². The van der Waals surface area contributed by atoms with Crippen LogP contribution < -0.4 is 5.32 Å². The first kappa shape index (κ1) is 19.9. The van der Waals surface area contributed by atoms with Crippen LogP contribution in [-0.2, 0) is 25.5 Å². The zero-order valence-electron chi connectivity index (χ0n) is 15.7. The summed E-state index contributed by atoms with van der Waals surface area (Å²) in [6.45, 7) is 4.84. The van der Waals surface area contributed by atoms with E-state index in [2.05, 4.69) is 5.32 Å². The van der Waals surface area contributed by atoms with Crippen LogP contribution >= 0.6 is 0 Å². The number of hydrogen-bond donors (Lipinski definition) is 1. The van der Waals surface area contributed by atoms with Gasteiger partial charge < -0.3 is 15.0 Å². The van der Waals surface area contributed by atoms with Crippen LogP contribution in [0.4, 0.5) is 0 Å². The average Bonchev–Trinajstić information content (AvgIpc) is 3.04. The number of amides is 2. The average molecular weight is 360 g/mol. The summed E-state index contributed by atoms with van der Waals surface area (Å²) in [5, 5.41) is 2.78. The summed E-state index contributed by atoms with van der Waals surface area (Å²) in [4.78, 5) is 38.5. The van der Waals surface area contributed by atoms with E-state index < -0.39 is 17.9 Å². The number of carbonyl (C=O) groups is 3. The van der Waals surface area contributed by atoms with Gasteiger partial charge in [-0.15, -0.1) is 0 Å². The number of nitrogens with zero attached hydrogens (tertiary/aromatic N) is 1. The fraction of sp³-hybridized carbons (Fsp3) is 0.550. The van der Waals surface area contributed by atoms with Crippen molar-refractivity contribution in [3.63, 3.8) is 0 Å². The smallest absolute Gasteiger partial charge is 0.328 e. The summed E-state index contributed by atoms with van der Waals surface area (Å²) in [6.07, 6.45) is 1.69. The normalized spacial score (nSPS) is 19.1. The first-order valence-electron chi connectivity index (χ1n) is 9.16. The third-order valence-corrected chi connectivity index (χ3v) is 5.06. The predicted octanol–water partition coefficient (Wildman–Crippen LogP) is 1.78. The van der Waals surface area contributed by atoms with Crippen LogP contribution in [0.2, 0.25) is 0 Å². The number of benzene rings is 1. The molecule has 1 aliphatic heterocycles. The van der Waals surface area contributed by atoms with Gasteiger partial charge in [-0.25, -0.2) is 4.79 Å². The molecule has 1 N–H and O–H groups in total. The SMILES string of the molecule is CCC(C)C(NC(=O)C1CC(=O)N(CCc2ccccc2)C1)C(=O)OC. The number of esters is 1. The quantitative estimate of drug-likeness (QED) is 0.717. The zero-order valence-corrected chi connectivity index (χ0v) is 15.7. The molecule has 1 aliphatic rings. The Kier molecular flexibility index (Phi) is 7.18. The molecule has 0 bridgehead atoms. The third kappa shape index (κ3) is 5.07. The minimum absolute atomic E-state index is 0.0146. The Morgan fingerprint density at radius 3 is 2.62 bits per heavy atom. The second kappa shape index (κ2) is 9.36. The largest absolute Gasteiger partial charge is 0.467 e. The maximum absolute atomic E-state index is 12.6.